The summed E-state index contributed by atoms with van der Waals surface area (Å²) < 4.78 is 20.5. The summed E-state index contributed by atoms with van der Waals surface area (Å²) in [5, 5.41) is 5.80. The van der Waals surface area contributed by atoms with Gasteiger partial charge in [-0.15, -0.1) is 0 Å². The highest BCUT2D eigenvalue weighted by molar-refractivity contribution is 9.13. The van der Waals surface area contributed by atoms with Crippen molar-refractivity contribution < 1.29 is 14.2 Å². The van der Waals surface area contributed by atoms with Gasteiger partial charge in [-0.2, -0.15) is 9.78 Å². The van der Waals surface area contributed by atoms with Crippen molar-refractivity contribution in [3.63, 3.8) is 0 Å². The number of halogens is 3. The van der Waals surface area contributed by atoms with Crippen LogP contribution in [0.25, 0.3) is 22.3 Å². The molecule has 0 aliphatic carbocycles. The third-order valence-electron chi connectivity index (χ3n) is 7.29. The first-order valence-electron chi connectivity index (χ1n) is 14.4. The number of aryl methyl sites for hydroxylation is 1. The van der Waals surface area contributed by atoms with Crippen molar-refractivity contribution in [1.82, 2.24) is 9.66 Å². The van der Waals surface area contributed by atoms with E-state index in [0.717, 1.165) is 28.0 Å². The summed E-state index contributed by atoms with van der Waals surface area (Å²) in [4.78, 5) is 18.9. The number of benzene rings is 4. The number of ether oxygens (including phenoxy) is 3. The second kappa shape index (κ2) is 14.2. The molecule has 1 aromatic heterocycles. The number of hydrogen-bond donors (Lipinski definition) is 0. The molecule has 0 fully saturated rings. The monoisotopic (exact) mass is 751 g/mol. The van der Waals surface area contributed by atoms with Crippen LogP contribution in [0.5, 0.6) is 17.2 Å². The van der Waals surface area contributed by atoms with Crippen molar-refractivity contribution in [2.45, 2.75) is 40.2 Å². The largest absolute Gasteiger partial charge is 0.496 e. The fourth-order valence-electron chi connectivity index (χ4n) is 4.95. The number of fused-ring (bicyclic) bond motifs is 1. The Hall–Kier alpha value is -3.66. The van der Waals surface area contributed by atoms with Crippen molar-refractivity contribution in [2.24, 2.45) is 5.10 Å². The average molecular weight is 754 g/mol. The minimum absolute atomic E-state index is 0.187. The summed E-state index contributed by atoms with van der Waals surface area (Å²) in [5.74, 6) is 2.43. The number of nitrogens with zero attached hydrogens (tertiary/aromatic N) is 3. The molecular weight excluding hydrogens is 722 g/mol. The van der Waals surface area contributed by atoms with Crippen LogP contribution in [-0.4, -0.2) is 29.6 Å². The second-order valence-corrected chi connectivity index (χ2v) is 12.6. The number of hydrogen-bond acceptors (Lipinski definition) is 6. The summed E-state index contributed by atoms with van der Waals surface area (Å²) >= 11 is 13.7. The first kappa shape index (κ1) is 32.7. The maximum Gasteiger partial charge on any atom is 0.282 e. The van der Waals surface area contributed by atoms with Crippen molar-refractivity contribution in [2.75, 3.05) is 13.7 Å². The van der Waals surface area contributed by atoms with Gasteiger partial charge in [-0.05, 0) is 99.2 Å². The van der Waals surface area contributed by atoms with Gasteiger partial charge in [-0.3, -0.25) is 4.79 Å². The molecular formula is C35H32Br2ClN3O4. The lowest BCUT2D eigenvalue weighted by atomic mass is 9.96. The SMILES string of the molecule is CCOc1cc(C=Nn2c(-c3cc(C(C)C)c(OC)cc3C)nc3ccccc3c2=O)c(Br)c(Br)c1OCc1ccccc1Cl. The van der Waals surface area contributed by atoms with Gasteiger partial charge in [0.25, 0.3) is 5.56 Å². The van der Waals surface area contributed by atoms with Crippen LogP contribution in [0.15, 0.2) is 85.6 Å². The summed E-state index contributed by atoms with van der Waals surface area (Å²) in [5.41, 5.74) is 4.52. The van der Waals surface area contributed by atoms with Crippen LogP contribution >= 0.6 is 43.5 Å². The van der Waals surface area contributed by atoms with E-state index in [1.165, 1.54) is 4.68 Å². The van der Waals surface area contributed by atoms with Crippen LogP contribution in [0.1, 0.15) is 48.9 Å². The van der Waals surface area contributed by atoms with E-state index in [1.54, 1.807) is 19.4 Å². The zero-order valence-electron chi connectivity index (χ0n) is 25.5. The molecule has 232 valence electrons. The third kappa shape index (κ3) is 6.81. The lowest BCUT2D eigenvalue weighted by molar-refractivity contribution is 0.267. The minimum Gasteiger partial charge on any atom is -0.496 e. The number of rotatable bonds is 10. The summed E-state index contributed by atoms with van der Waals surface area (Å²) in [7, 11) is 1.66. The predicted molar refractivity (Wildman–Crippen MR) is 189 cm³/mol. The smallest absolute Gasteiger partial charge is 0.282 e. The molecule has 0 unspecified atom stereocenters. The molecule has 0 atom stereocenters. The highest BCUT2D eigenvalue weighted by atomic mass is 79.9. The molecule has 0 radical (unpaired) electrons. The van der Waals surface area contributed by atoms with Gasteiger partial charge in [0.1, 0.15) is 12.4 Å². The molecule has 0 amide bonds. The van der Waals surface area contributed by atoms with Crippen LogP contribution in [0.2, 0.25) is 5.02 Å². The predicted octanol–water partition coefficient (Wildman–Crippen LogP) is 9.54. The molecule has 0 N–H and O–H groups in total. The number of methoxy groups -OCH3 is 1. The summed E-state index contributed by atoms with van der Waals surface area (Å²) in [6, 6.07) is 20.6. The Morgan fingerprint density at radius 2 is 1.73 bits per heavy atom. The zero-order valence-corrected chi connectivity index (χ0v) is 29.5. The molecule has 0 aliphatic heterocycles. The minimum atomic E-state index is -0.284. The maximum atomic E-state index is 13.9. The Labute approximate surface area is 284 Å². The molecule has 4 aromatic carbocycles. The Morgan fingerprint density at radius 3 is 2.44 bits per heavy atom. The summed E-state index contributed by atoms with van der Waals surface area (Å²) in [6.07, 6.45) is 1.61. The summed E-state index contributed by atoms with van der Waals surface area (Å²) in [6.45, 7) is 8.74. The normalized spacial score (nSPS) is 11.5. The molecule has 5 rings (SSSR count). The van der Waals surface area contributed by atoms with E-state index < -0.39 is 0 Å². The Morgan fingerprint density at radius 1 is 1.00 bits per heavy atom. The van der Waals surface area contributed by atoms with Gasteiger partial charge in [0, 0.05) is 26.2 Å². The molecule has 0 aliphatic rings. The van der Waals surface area contributed by atoms with Gasteiger partial charge in [0.05, 0.1) is 35.3 Å². The van der Waals surface area contributed by atoms with Crippen LogP contribution in [-0.2, 0) is 6.61 Å². The zero-order chi connectivity index (χ0) is 32.2. The van der Waals surface area contributed by atoms with Gasteiger partial charge in [0.15, 0.2) is 17.3 Å². The third-order valence-corrected chi connectivity index (χ3v) is 9.80. The number of para-hydroxylation sites is 1. The molecule has 45 heavy (non-hydrogen) atoms. The van der Waals surface area contributed by atoms with E-state index in [9.17, 15) is 4.79 Å². The topological polar surface area (TPSA) is 74.9 Å². The van der Waals surface area contributed by atoms with Crippen LogP contribution in [0.4, 0.5) is 0 Å². The van der Waals surface area contributed by atoms with Gasteiger partial charge >= 0.3 is 0 Å². The first-order valence-corrected chi connectivity index (χ1v) is 16.4. The lowest BCUT2D eigenvalue weighted by Gasteiger charge is -2.18. The Bertz CT molecular complexity index is 1970. The highest BCUT2D eigenvalue weighted by Crippen LogP contribution is 2.43. The van der Waals surface area contributed by atoms with Gasteiger partial charge < -0.3 is 14.2 Å². The van der Waals surface area contributed by atoms with E-state index in [2.05, 4.69) is 45.7 Å². The Balaban J connectivity index is 1.64. The quantitative estimate of drug-likeness (QED) is 0.133. The molecule has 0 saturated heterocycles. The van der Waals surface area contributed by atoms with Gasteiger partial charge in [0.2, 0.25) is 0 Å². The van der Waals surface area contributed by atoms with Crippen LogP contribution < -0.4 is 19.8 Å². The molecule has 0 bridgehead atoms. The lowest BCUT2D eigenvalue weighted by Crippen LogP contribution is -2.21. The molecule has 1 heterocycles. The van der Waals surface area contributed by atoms with E-state index in [-0.39, 0.29) is 18.1 Å². The van der Waals surface area contributed by atoms with E-state index in [0.29, 0.717) is 54.4 Å². The van der Waals surface area contributed by atoms with Crippen LogP contribution in [0.3, 0.4) is 0 Å². The number of aromatic nitrogens is 2. The Kier molecular flexibility index (Phi) is 10.3. The fourth-order valence-corrected chi connectivity index (χ4v) is 6.08. The maximum absolute atomic E-state index is 13.9. The molecule has 0 saturated carbocycles. The van der Waals surface area contributed by atoms with E-state index in [4.69, 9.17) is 35.9 Å². The molecule has 10 heteroatoms. The van der Waals surface area contributed by atoms with E-state index in [1.807, 2.05) is 74.5 Å². The molecule has 7 nitrogen and oxygen atoms in total. The highest BCUT2D eigenvalue weighted by Gasteiger charge is 2.20. The molecule has 5 aromatic rings. The second-order valence-electron chi connectivity index (χ2n) is 10.6. The van der Waals surface area contributed by atoms with Crippen molar-refractivity contribution >= 4 is 60.6 Å². The van der Waals surface area contributed by atoms with Crippen molar-refractivity contribution in [3.8, 4) is 28.6 Å². The van der Waals surface area contributed by atoms with Gasteiger partial charge in [-0.1, -0.05) is 55.8 Å². The fraction of sp³-hybridized carbons (Fsp3) is 0.229. The van der Waals surface area contributed by atoms with Gasteiger partial charge in [-0.25, -0.2) is 4.98 Å². The van der Waals surface area contributed by atoms with Crippen molar-refractivity contribution in [1.29, 1.82) is 0 Å². The molecule has 0 spiro atoms. The van der Waals surface area contributed by atoms with E-state index >= 15 is 0 Å². The first-order chi connectivity index (χ1) is 21.6. The average Bonchev–Trinajstić information content (AvgIpc) is 3.03. The van der Waals surface area contributed by atoms with Crippen molar-refractivity contribution in [3.05, 3.63) is 113 Å². The van der Waals surface area contributed by atoms with Crippen LogP contribution in [0, 0.1) is 6.92 Å². The standard InChI is InChI=1S/C35H32Br2ClN3O4/c1-6-44-30-16-23(31(36)32(37)33(30)45-19-22-11-7-9-13-27(22)38)18-39-41-34(40-28-14-10-8-12-24(28)35(41)42)26-17-25(20(2)3)29(43-5)15-21(26)4/h7-18,20H,6,19H2,1-5H3.